The molecule has 3 aromatic carbocycles. The standard InChI is InChI=1S/C28H26ClN3O3/c1-16-13-22(24(35-4)14-21(16)29)30-27(33)25-18-10-5-6-11-19(18)28(34)32(3)26(25)20-15-31(2)23-12-8-7-9-17(20)23/h5-15,25-26H,1-4H3,(H,30,33). The highest BCUT2D eigenvalue weighted by molar-refractivity contribution is 6.31. The molecule has 2 heterocycles. The summed E-state index contributed by atoms with van der Waals surface area (Å²) >= 11 is 6.27. The molecule has 2 unspecified atom stereocenters. The maximum Gasteiger partial charge on any atom is 0.254 e. The van der Waals surface area contributed by atoms with Crippen molar-refractivity contribution in [3.63, 3.8) is 0 Å². The number of rotatable bonds is 4. The first-order valence-electron chi connectivity index (χ1n) is 11.4. The molecule has 1 N–H and O–H groups in total. The van der Waals surface area contributed by atoms with Gasteiger partial charge in [0.15, 0.2) is 0 Å². The summed E-state index contributed by atoms with van der Waals surface area (Å²) in [7, 11) is 5.27. The molecular weight excluding hydrogens is 462 g/mol. The van der Waals surface area contributed by atoms with Gasteiger partial charge in [-0.2, -0.15) is 0 Å². The molecule has 0 spiro atoms. The summed E-state index contributed by atoms with van der Waals surface area (Å²) in [5.41, 5.74) is 4.56. The molecule has 2 atom stereocenters. The molecule has 2 amide bonds. The number of benzene rings is 3. The highest BCUT2D eigenvalue weighted by Crippen LogP contribution is 2.45. The third kappa shape index (κ3) is 3.74. The van der Waals surface area contributed by atoms with Crippen LogP contribution in [0.25, 0.3) is 10.9 Å². The number of aromatic nitrogens is 1. The topological polar surface area (TPSA) is 63.6 Å². The van der Waals surface area contributed by atoms with E-state index in [9.17, 15) is 9.59 Å². The number of ether oxygens (including phenoxy) is 1. The van der Waals surface area contributed by atoms with Gasteiger partial charge in [-0.25, -0.2) is 0 Å². The third-order valence-electron chi connectivity index (χ3n) is 6.85. The molecule has 6 nitrogen and oxygen atoms in total. The van der Waals surface area contributed by atoms with Crippen LogP contribution in [0.1, 0.15) is 39.0 Å². The molecule has 0 bridgehead atoms. The maximum atomic E-state index is 14.0. The maximum absolute atomic E-state index is 14.0. The number of amides is 2. The zero-order valence-corrected chi connectivity index (χ0v) is 20.8. The van der Waals surface area contributed by atoms with E-state index in [4.69, 9.17) is 16.3 Å². The van der Waals surface area contributed by atoms with E-state index < -0.39 is 12.0 Å². The fraction of sp³-hybridized carbons (Fsp3) is 0.214. The zero-order chi connectivity index (χ0) is 24.9. The van der Waals surface area contributed by atoms with Crippen LogP contribution in [-0.4, -0.2) is 35.4 Å². The van der Waals surface area contributed by atoms with E-state index in [0.29, 0.717) is 27.6 Å². The van der Waals surface area contributed by atoms with Crippen molar-refractivity contribution in [2.24, 2.45) is 7.05 Å². The first-order valence-corrected chi connectivity index (χ1v) is 11.7. The van der Waals surface area contributed by atoms with Gasteiger partial charge in [0.05, 0.1) is 24.8 Å². The molecule has 1 aliphatic rings. The van der Waals surface area contributed by atoms with Gasteiger partial charge in [-0.1, -0.05) is 48.0 Å². The number of halogens is 1. The van der Waals surface area contributed by atoms with Gasteiger partial charge < -0.3 is 19.5 Å². The summed E-state index contributed by atoms with van der Waals surface area (Å²) in [5, 5.41) is 4.63. The van der Waals surface area contributed by atoms with Crippen LogP contribution in [0.2, 0.25) is 5.02 Å². The number of fused-ring (bicyclic) bond motifs is 2. The number of aryl methyl sites for hydroxylation is 2. The van der Waals surface area contributed by atoms with Crippen LogP contribution in [-0.2, 0) is 11.8 Å². The average Bonchev–Trinajstić information content (AvgIpc) is 3.19. The van der Waals surface area contributed by atoms with E-state index in [2.05, 4.69) is 5.32 Å². The second-order valence-corrected chi connectivity index (χ2v) is 9.34. The Morgan fingerprint density at radius 3 is 2.51 bits per heavy atom. The Kier molecular flexibility index (Phi) is 5.77. The molecule has 7 heteroatoms. The summed E-state index contributed by atoms with van der Waals surface area (Å²) in [6.07, 6.45) is 2.01. The van der Waals surface area contributed by atoms with Crippen molar-refractivity contribution in [3.05, 3.63) is 94.1 Å². The number of nitrogens with zero attached hydrogens (tertiary/aromatic N) is 2. The molecule has 178 valence electrons. The van der Waals surface area contributed by atoms with Gasteiger partial charge in [-0.15, -0.1) is 0 Å². The summed E-state index contributed by atoms with van der Waals surface area (Å²) in [6.45, 7) is 1.87. The van der Waals surface area contributed by atoms with Crippen molar-refractivity contribution in [1.82, 2.24) is 9.47 Å². The number of hydrogen-bond acceptors (Lipinski definition) is 3. The molecule has 35 heavy (non-hydrogen) atoms. The quantitative estimate of drug-likeness (QED) is 0.401. The largest absolute Gasteiger partial charge is 0.495 e. The molecule has 1 aromatic heterocycles. The van der Waals surface area contributed by atoms with E-state index in [-0.39, 0.29) is 11.8 Å². The first-order chi connectivity index (χ1) is 16.8. The van der Waals surface area contributed by atoms with Crippen molar-refractivity contribution < 1.29 is 14.3 Å². The van der Waals surface area contributed by atoms with E-state index in [0.717, 1.165) is 22.0 Å². The number of hydrogen-bond donors (Lipinski definition) is 1. The van der Waals surface area contributed by atoms with Gasteiger partial charge in [-0.3, -0.25) is 9.59 Å². The summed E-state index contributed by atoms with van der Waals surface area (Å²) in [4.78, 5) is 29.1. The number of anilines is 1. The zero-order valence-electron chi connectivity index (χ0n) is 20.0. The van der Waals surface area contributed by atoms with Crippen molar-refractivity contribution in [2.45, 2.75) is 18.9 Å². The summed E-state index contributed by atoms with van der Waals surface area (Å²) in [5.74, 6) is -0.498. The SMILES string of the molecule is COc1cc(Cl)c(C)cc1NC(=O)C1c2ccccc2C(=O)N(C)C1c1cn(C)c2ccccc12. The highest BCUT2D eigenvalue weighted by atomic mass is 35.5. The first kappa shape index (κ1) is 23.0. The second kappa shape index (κ2) is 8.78. The van der Waals surface area contributed by atoms with Crippen molar-refractivity contribution in [2.75, 3.05) is 19.5 Å². The van der Waals surface area contributed by atoms with Crippen molar-refractivity contribution in [3.8, 4) is 5.75 Å². The lowest BCUT2D eigenvalue weighted by atomic mass is 9.79. The van der Waals surface area contributed by atoms with Gasteiger partial charge in [-0.05, 0) is 36.2 Å². The molecule has 0 fully saturated rings. The third-order valence-corrected chi connectivity index (χ3v) is 7.25. The predicted molar refractivity (Wildman–Crippen MR) is 138 cm³/mol. The normalized spacial score (nSPS) is 17.4. The van der Waals surface area contributed by atoms with Crippen LogP contribution < -0.4 is 10.1 Å². The highest BCUT2D eigenvalue weighted by Gasteiger charge is 2.43. The van der Waals surface area contributed by atoms with Crippen LogP contribution in [0.5, 0.6) is 5.75 Å². The fourth-order valence-corrected chi connectivity index (χ4v) is 5.25. The van der Waals surface area contributed by atoms with E-state index in [1.54, 1.807) is 30.1 Å². The monoisotopic (exact) mass is 487 g/mol. The predicted octanol–water partition coefficient (Wildman–Crippen LogP) is 5.70. The molecule has 0 saturated heterocycles. The van der Waals surface area contributed by atoms with Gasteiger partial charge >= 0.3 is 0 Å². The molecule has 0 aliphatic carbocycles. The minimum atomic E-state index is -0.639. The number of nitrogens with one attached hydrogen (secondary N) is 1. The average molecular weight is 488 g/mol. The molecule has 1 aliphatic heterocycles. The number of carbonyl (C=O) groups is 2. The van der Waals surface area contributed by atoms with Crippen LogP contribution >= 0.6 is 11.6 Å². The number of para-hydroxylation sites is 1. The van der Waals surface area contributed by atoms with Gasteiger partial charge in [0.25, 0.3) is 5.91 Å². The molecular formula is C28H26ClN3O3. The van der Waals surface area contributed by atoms with Crippen LogP contribution in [0.4, 0.5) is 5.69 Å². The Labute approximate surface area is 209 Å². The van der Waals surface area contributed by atoms with E-state index in [1.165, 1.54) is 7.11 Å². The lowest BCUT2D eigenvalue weighted by Crippen LogP contribution is -2.44. The van der Waals surface area contributed by atoms with Crippen molar-refractivity contribution >= 4 is 40.0 Å². The van der Waals surface area contributed by atoms with Gasteiger partial charge in [0.1, 0.15) is 5.75 Å². The molecule has 4 aromatic rings. The summed E-state index contributed by atoms with van der Waals surface area (Å²) in [6, 6.07) is 18.4. The molecule has 5 rings (SSSR count). The van der Waals surface area contributed by atoms with Gasteiger partial charge in [0.2, 0.25) is 5.91 Å². The van der Waals surface area contributed by atoms with Crippen LogP contribution in [0, 0.1) is 6.92 Å². The Hall–Kier alpha value is -3.77. The lowest BCUT2D eigenvalue weighted by Gasteiger charge is -2.39. The Morgan fingerprint density at radius 1 is 1.03 bits per heavy atom. The second-order valence-electron chi connectivity index (χ2n) is 8.93. The number of carbonyl (C=O) groups excluding carboxylic acids is 2. The van der Waals surface area contributed by atoms with Gasteiger partial charge in [0, 0.05) is 53.4 Å². The summed E-state index contributed by atoms with van der Waals surface area (Å²) < 4.78 is 7.51. The Balaban J connectivity index is 1.67. The van der Waals surface area contributed by atoms with Crippen LogP contribution in [0.3, 0.4) is 0 Å². The molecule has 0 radical (unpaired) electrons. The van der Waals surface area contributed by atoms with E-state index >= 15 is 0 Å². The Morgan fingerprint density at radius 2 is 1.74 bits per heavy atom. The Bertz CT molecular complexity index is 1480. The lowest BCUT2D eigenvalue weighted by molar-refractivity contribution is -0.119. The smallest absolute Gasteiger partial charge is 0.254 e. The number of methoxy groups -OCH3 is 1. The fourth-order valence-electron chi connectivity index (χ4n) is 5.09. The number of likely N-dealkylation sites (N-methyl/N-ethyl adjacent to an activating group) is 1. The van der Waals surface area contributed by atoms with E-state index in [1.807, 2.05) is 67.2 Å². The van der Waals surface area contributed by atoms with Crippen molar-refractivity contribution in [1.29, 1.82) is 0 Å². The minimum Gasteiger partial charge on any atom is -0.495 e. The van der Waals surface area contributed by atoms with Crippen LogP contribution in [0.15, 0.2) is 66.9 Å². The minimum absolute atomic E-state index is 0.109. The molecule has 0 saturated carbocycles.